The van der Waals surface area contributed by atoms with Crippen LogP contribution in [0.1, 0.15) is 62.3 Å². The third-order valence-electron chi connectivity index (χ3n) is 5.12. The van der Waals surface area contributed by atoms with E-state index in [0.717, 1.165) is 0 Å². The summed E-state index contributed by atoms with van der Waals surface area (Å²) in [7, 11) is -1.84. The van der Waals surface area contributed by atoms with Gasteiger partial charge in [0.05, 0.1) is 16.8 Å². The van der Waals surface area contributed by atoms with Gasteiger partial charge in [0, 0.05) is 0 Å². The summed E-state index contributed by atoms with van der Waals surface area (Å²) in [5, 5.41) is 10.3. The lowest BCUT2D eigenvalue weighted by atomic mass is 9.48. The first kappa shape index (κ1) is 18.0. The first-order valence-corrected chi connectivity index (χ1v) is 7.55. The van der Waals surface area contributed by atoms with Crippen LogP contribution in [0, 0.1) is 11.8 Å². The first-order chi connectivity index (χ1) is 8.83. The van der Waals surface area contributed by atoms with Gasteiger partial charge < -0.3 is 19.0 Å². The van der Waals surface area contributed by atoms with E-state index in [1.54, 1.807) is 0 Å². The summed E-state index contributed by atoms with van der Waals surface area (Å²) in [5.41, 5.74) is -1.37. The molecule has 6 heteroatoms. The predicted octanol–water partition coefficient (Wildman–Crippen LogP) is 2.72. The molecule has 0 aliphatic carbocycles. The maximum Gasteiger partial charge on any atom is 0.488 e. The highest BCUT2D eigenvalue weighted by Crippen LogP contribution is 2.42. The van der Waals surface area contributed by atoms with Crippen LogP contribution in [0.25, 0.3) is 0 Å². The highest BCUT2D eigenvalue weighted by molar-refractivity contribution is 7.10. The van der Waals surface area contributed by atoms with Crippen LogP contribution in [-0.4, -0.2) is 35.8 Å². The molecule has 1 atom stereocenters. The van der Waals surface area contributed by atoms with Crippen molar-refractivity contribution < 1.29 is 19.0 Å². The molecule has 1 heterocycles. The largest absolute Gasteiger partial charge is 0.488 e. The van der Waals surface area contributed by atoms with E-state index < -0.39 is 30.8 Å². The molecule has 1 saturated heterocycles. The highest BCUT2D eigenvalue weighted by atomic mass is 16.7. The Morgan fingerprint density at radius 2 is 1.60 bits per heavy atom. The molecule has 0 radical (unpaired) electrons. The summed E-state index contributed by atoms with van der Waals surface area (Å²) in [4.78, 5) is 0. The van der Waals surface area contributed by atoms with Gasteiger partial charge in [-0.05, 0) is 46.5 Å². The fourth-order valence-corrected chi connectivity index (χ4v) is 2.27. The summed E-state index contributed by atoms with van der Waals surface area (Å²) in [5.74, 6) is 0.552. The van der Waals surface area contributed by atoms with Gasteiger partial charge in [0.1, 0.15) is 0 Å². The maximum atomic E-state index is 10.3. The molecule has 0 bridgehead atoms. The molecule has 1 aliphatic rings. The average molecular weight is 284 g/mol. The maximum absolute atomic E-state index is 10.3. The van der Waals surface area contributed by atoms with Crippen molar-refractivity contribution in [1.29, 1.82) is 0 Å². The van der Waals surface area contributed by atoms with Gasteiger partial charge >= 0.3 is 14.0 Å². The Balaban J connectivity index is 2.81. The van der Waals surface area contributed by atoms with Crippen molar-refractivity contribution in [2.45, 2.75) is 79.1 Å². The van der Waals surface area contributed by atoms with E-state index in [0.29, 0.717) is 0 Å². The third kappa shape index (κ3) is 3.24. The van der Waals surface area contributed by atoms with Crippen molar-refractivity contribution in [3.8, 4) is 0 Å². The van der Waals surface area contributed by atoms with E-state index in [1.165, 1.54) is 0 Å². The minimum absolute atomic E-state index is 0.271. The zero-order valence-corrected chi connectivity index (χ0v) is 14.5. The van der Waals surface area contributed by atoms with E-state index in [9.17, 15) is 5.02 Å². The van der Waals surface area contributed by atoms with Crippen LogP contribution < -0.4 is 0 Å². The van der Waals surface area contributed by atoms with E-state index in [1.807, 2.05) is 34.6 Å². The molecule has 1 unspecified atom stereocenters. The molecule has 0 spiro atoms. The molecule has 1 fully saturated rings. The molecule has 20 heavy (non-hydrogen) atoms. The van der Waals surface area contributed by atoms with Gasteiger partial charge in [-0.25, -0.2) is 0 Å². The molecule has 4 nitrogen and oxygen atoms in total. The van der Waals surface area contributed by atoms with Crippen LogP contribution in [0.3, 0.4) is 0 Å². The smallest absolute Gasteiger partial charge is 0.429 e. The van der Waals surface area contributed by atoms with E-state index in [2.05, 4.69) is 27.7 Å². The van der Waals surface area contributed by atoms with Gasteiger partial charge in [0.25, 0.3) is 0 Å². The average Bonchev–Trinajstić information content (AvgIpc) is 2.50. The van der Waals surface area contributed by atoms with Crippen LogP contribution in [0.5, 0.6) is 0 Å². The summed E-state index contributed by atoms with van der Waals surface area (Å²) in [6, 6.07) is 0. The van der Waals surface area contributed by atoms with E-state index >= 15 is 0 Å². The first-order valence-electron chi connectivity index (χ1n) is 7.55. The van der Waals surface area contributed by atoms with Crippen LogP contribution in [0.2, 0.25) is 0 Å². The fraction of sp³-hybridized carbons (Fsp3) is 1.00. The van der Waals surface area contributed by atoms with Gasteiger partial charge in [-0.15, -0.1) is 0 Å². The number of hydrogen-bond acceptors (Lipinski definition) is 4. The van der Waals surface area contributed by atoms with Crippen LogP contribution >= 0.6 is 0 Å². The summed E-state index contributed by atoms with van der Waals surface area (Å²) < 4.78 is 17.7. The van der Waals surface area contributed by atoms with Crippen LogP contribution in [-0.2, 0) is 14.0 Å². The lowest BCUT2D eigenvalue weighted by Gasteiger charge is -2.40. The van der Waals surface area contributed by atoms with Crippen LogP contribution in [0.4, 0.5) is 0 Å². The normalized spacial score (nSPS) is 26.7. The van der Waals surface area contributed by atoms with Crippen molar-refractivity contribution >= 4 is 14.0 Å². The van der Waals surface area contributed by atoms with Crippen LogP contribution in [0.15, 0.2) is 0 Å². The fourth-order valence-electron chi connectivity index (χ4n) is 2.27. The number of hydrogen-bond donors (Lipinski definition) is 1. The second-order valence-corrected chi connectivity index (χ2v) is 7.64. The highest BCUT2D eigenvalue weighted by Gasteiger charge is 2.60. The second-order valence-electron chi connectivity index (χ2n) is 7.64. The molecular weight excluding hydrogens is 254 g/mol. The standard InChI is InChI=1S/C14H30B2O4/c1-10(2)12(5,6)18-15(17)16-19-13(7,8)14(9,20-16)11(3)4/h10-11,17H,1-9H3. The van der Waals surface area contributed by atoms with Gasteiger partial charge in [0.2, 0.25) is 0 Å². The molecule has 1 aliphatic heterocycles. The van der Waals surface area contributed by atoms with Crippen molar-refractivity contribution in [3.05, 3.63) is 0 Å². The van der Waals surface area contributed by atoms with Gasteiger partial charge in [0.15, 0.2) is 0 Å². The lowest BCUT2D eigenvalue weighted by Crippen LogP contribution is -2.49. The minimum Gasteiger partial charge on any atom is -0.429 e. The quantitative estimate of drug-likeness (QED) is 0.788. The summed E-state index contributed by atoms with van der Waals surface area (Å²) >= 11 is 0. The molecule has 116 valence electrons. The Morgan fingerprint density at radius 1 is 1.10 bits per heavy atom. The summed E-state index contributed by atoms with van der Waals surface area (Å²) in [6.07, 6.45) is 0. The van der Waals surface area contributed by atoms with Crippen molar-refractivity contribution in [2.24, 2.45) is 11.8 Å². The molecule has 0 amide bonds. The van der Waals surface area contributed by atoms with Gasteiger partial charge in [-0.3, -0.25) is 0 Å². The predicted molar refractivity (Wildman–Crippen MR) is 83.2 cm³/mol. The zero-order chi connectivity index (χ0) is 15.9. The van der Waals surface area contributed by atoms with Crippen molar-refractivity contribution in [2.75, 3.05) is 0 Å². The monoisotopic (exact) mass is 284 g/mol. The van der Waals surface area contributed by atoms with Crippen molar-refractivity contribution in [1.82, 2.24) is 0 Å². The second kappa shape index (κ2) is 5.64. The summed E-state index contributed by atoms with van der Waals surface area (Å²) in [6.45, 7) is 18.2. The molecule has 1 rings (SSSR count). The molecule has 1 N–H and O–H groups in total. The molecular formula is C14H30B2O4. The van der Waals surface area contributed by atoms with E-state index in [-0.39, 0.29) is 11.8 Å². The molecule has 0 saturated carbocycles. The molecule has 0 aromatic rings. The topological polar surface area (TPSA) is 47.9 Å². The third-order valence-corrected chi connectivity index (χ3v) is 5.12. The van der Waals surface area contributed by atoms with Crippen molar-refractivity contribution in [3.63, 3.8) is 0 Å². The SMILES string of the molecule is CC(C)C(C)(C)OB(O)B1OC(C)(C)C(C)(C(C)C)O1. The van der Waals surface area contributed by atoms with Gasteiger partial charge in [-0.2, -0.15) is 0 Å². The Kier molecular flexibility index (Phi) is 5.08. The Bertz CT molecular complexity index is 344. The number of rotatable bonds is 5. The Labute approximate surface area is 124 Å². The zero-order valence-electron chi connectivity index (χ0n) is 14.5. The van der Waals surface area contributed by atoms with E-state index in [4.69, 9.17) is 14.0 Å². The minimum atomic E-state index is -1.09. The Hall–Kier alpha value is -0.0301. The molecule has 0 aromatic heterocycles. The molecule has 0 aromatic carbocycles. The van der Waals surface area contributed by atoms with Gasteiger partial charge in [-0.1, -0.05) is 27.7 Å². The lowest BCUT2D eigenvalue weighted by molar-refractivity contribution is -0.0435. The Morgan fingerprint density at radius 3 is 1.95 bits per heavy atom.